The lowest BCUT2D eigenvalue weighted by atomic mass is 10.2. The van der Waals surface area contributed by atoms with Crippen molar-refractivity contribution in [3.63, 3.8) is 0 Å². The van der Waals surface area contributed by atoms with Crippen molar-refractivity contribution in [2.45, 2.75) is 0 Å². The minimum absolute atomic E-state index is 1.21. The van der Waals surface area contributed by atoms with Crippen LogP contribution in [0.2, 0.25) is 0 Å². The average molecular weight is 167 g/mol. The van der Waals surface area contributed by atoms with Gasteiger partial charge in [0.1, 0.15) is 0 Å². The topological polar surface area (TPSA) is 15.8 Å². The van der Waals surface area contributed by atoms with Crippen molar-refractivity contribution in [1.82, 2.24) is 4.98 Å². The highest BCUT2D eigenvalue weighted by atomic mass is 14.6. The van der Waals surface area contributed by atoms with Crippen LogP contribution in [0.25, 0.3) is 21.7 Å². The molecule has 0 spiro atoms. The number of H-pyrrole nitrogens is 1. The maximum absolute atomic E-state index is 3.24. The summed E-state index contributed by atoms with van der Waals surface area (Å²) < 4.78 is 0. The zero-order chi connectivity index (χ0) is 8.67. The lowest BCUT2D eigenvalue weighted by Crippen LogP contribution is -1.71. The minimum atomic E-state index is 1.21. The van der Waals surface area contributed by atoms with Crippen molar-refractivity contribution in [3.05, 3.63) is 48.7 Å². The van der Waals surface area contributed by atoms with E-state index in [1.807, 2.05) is 6.20 Å². The van der Waals surface area contributed by atoms with Crippen LogP contribution in [0.5, 0.6) is 0 Å². The molecule has 62 valence electrons. The van der Waals surface area contributed by atoms with Crippen molar-refractivity contribution >= 4 is 21.7 Å². The number of hydrogen-bond acceptors (Lipinski definition) is 0. The van der Waals surface area contributed by atoms with Crippen molar-refractivity contribution in [3.8, 4) is 0 Å². The molecule has 0 unspecified atom stereocenters. The summed E-state index contributed by atoms with van der Waals surface area (Å²) in [5.41, 5.74) is 1.21. The van der Waals surface area contributed by atoms with E-state index in [4.69, 9.17) is 0 Å². The van der Waals surface area contributed by atoms with Gasteiger partial charge in [-0.2, -0.15) is 0 Å². The fraction of sp³-hybridized carbons (Fsp3) is 0. The summed E-state index contributed by atoms with van der Waals surface area (Å²) in [6.45, 7) is 0. The molecule has 13 heavy (non-hydrogen) atoms. The van der Waals surface area contributed by atoms with Gasteiger partial charge in [0.2, 0.25) is 0 Å². The quantitative estimate of drug-likeness (QED) is 0.528. The van der Waals surface area contributed by atoms with E-state index in [9.17, 15) is 0 Å². The maximum Gasteiger partial charge on any atom is 0.0465 e. The van der Waals surface area contributed by atoms with Crippen molar-refractivity contribution < 1.29 is 0 Å². The molecule has 1 heteroatoms. The van der Waals surface area contributed by atoms with Crippen LogP contribution >= 0.6 is 0 Å². The molecule has 0 atom stereocenters. The number of aromatic amines is 1. The van der Waals surface area contributed by atoms with E-state index in [0.717, 1.165) is 0 Å². The Balaban J connectivity index is 2.75. The summed E-state index contributed by atoms with van der Waals surface area (Å²) in [4.78, 5) is 3.24. The molecule has 0 radical (unpaired) electrons. The smallest absolute Gasteiger partial charge is 0.0465 e. The third-order valence-corrected chi connectivity index (χ3v) is 2.44. The predicted octanol–water partition coefficient (Wildman–Crippen LogP) is 3.32. The second kappa shape index (κ2) is 2.36. The summed E-state index contributed by atoms with van der Waals surface area (Å²) in [5.74, 6) is 0. The third-order valence-electron chi connectivity index (χ3n) is 2.44. The molecule has 0 saturated carbocycles. The molecule has 2 aromatic carbocycles. The Kier molecular flexibility index (Phi) is 1.22. The van der Waals surface area contributed by atoms with Gasteiger partial charge in [-0.1, -0.05) is 30.3 Å². The number of pyridine rings is 1. The average Bonchev–Trinajstić information content (AvgIpc) is 2.44. The molecule has 1 heterocycles. The first kappa shape index (κ1) is 6.72. The number of nitrogens with one attached hydrogen (secondary N) is 1. The molecule has 0 fully saturated rings. The Hall–Kier alpha value is -1.76. The summed E-state index contributed by atoms with van der Waals surface area (Å²) in [7, 11) is 0. The van der Waals surface area contributed by atoms with Crippen molar-refractivity contribution in [2.75, 3.05) is 0 Å². The Morgan fingerprint density at radius 3 is 2.38 bits per heavy atom. The summed E-state index contributed by atoms with van der Waals surface area (Å²) in [6, 6.07) is 14.8. The number of rotatable bonds is 0. The molecule has 1 nitrogen and oxygen atoms in total. The van der Waals surface area contributed by atoms with Gasteiger partial charge in [-0.3, -0.25) is 0 Å². The van der Waals surface area contributed by atoms with E-state index in [-0.39, 0.29) is 0 Å². The normalized spacial score (nSPS) is 11.1. The van der Waals surface area contributed by atoms with Gasteiger partial charge in [-0.15, -0.1) is 0 Å². The Morgan fingerprint density at radius 1 is 0.769 bits per heavy atom. The molecule has 1 N–H and O–H groups in total. The van der Waals surface area contributed by atoms with Crippen LogP contribution in [0.1, 0.15) is 0 Å². The van der Waals surface area contributed by atoms with E-state index in [0.29, 0.717) is 0 Å². The molecular weight excluding hydrogens is 158 g/mol. The summed E-state index contributed by atoms with van der Waals surface area (Å²) in [6.07, 6.45) is 1.98. The first-order valence-corrected chi connectivity index (χ1v) is 4.40. The predicted molar refractivity (Wildman–Crippen MR) is 55.8 cm³/mol. The van der Waals surface area contributed by atoms with Crippen LogP contribution in [-0.4, -0.2) is 4.98 Å². The van der Waals surface area contributed by atoms with Gasteiger partial charge in [0, 0.05) is 17.1 Å². The first-order valence-electron chi connectivity index (χ1n) is 4.40. The largest absolute Gasteiger partial charge is 0.361 e. The molecule has 0 aliphatic heterocycles. The fourth-order valence-electron chi connectivity index (χ4n) is 1.84. The highest BCUT2D eigenvalue weighted by Crippen LogP contribution is 2.24. The maximum atomic E-state index is 3.24. The first-order chi connectivity index (χ1) is 6.45. The molecule has 3 rings (SSSR count). The lowest BCUT2D eigenvalue weighted by molar-refractivity contribution is 1.44. The fourth-order valence-corrected chi connectivity index (χ4v) is 1.84. The van der Waals surface area contributed by atoms with Crippen molar-refractivity contribution in [2.24, 2.45) is 0 Å². The van der Waals surface area contributed by atoms with Gasteiger partial charge < -0.3 is 4.98 Å². The summed E-state index contributed by atoms with van der Waals surface area (Å²) in [5, 5.41) is 3.91. The van der Waals surface area contributed by atoms with Gasteiger partial charge in [-0.05, 0) is 22.9 Å². The van der Waals surface area contributed by atoms with E-state index < -0.39 is 0 Å². The summed E-state index contributed by atoms with van der Waals surface area (Å²) >= 11 is 0. The molecule has 0 saturated heterocycles. The van der Waals surface area contributed by atoms with Gasteiger partial charge in [0.25, 0.3) is 0 Å². The highest BCUT2D eigenvalue weighted by Gasteiger charge is 1.99. The molecule has 0 aliphatic rings. The van der Waals surface area contributed by atoms with Gasteiger partial charge in [0.05, 0.1) is 0 Å². The van der Waals surface area contributed by atoms with Gasteiger partial charge in [-0.25, -0.2) is 0 Å². The van der Waals surface area contributed by atoms with Crippen LogP contribution in [-0.2, 0) is 0 Å². The van der Waals surface area contributed by atoms with E-state index >= 15 is 0 Å². The molecule has 0 aliphatic carbocycles. The Morgan fingerprint density at radius 2 is 1.54 bits per heavy atom. The molecule has 3 aromatic rings. The van der Waals surface area contributed by atoms with Crippen LogP contribution < -0.4 is 0 Å². The third kappa shape index (κ3) is 0.872. The number of hydrogen-bond donors (Lipinski definition) is 1. The second-order valence-corrected chi connectivity index (χ2v) is 3.23. The monoisotopic (exact) mass is 167 g/mol. The van der Waals surface area contributed by atoms with E-state index in [1.165, 1.54) is 21.7 Å². The van der Waals surface area contributed by atoms with Crippen LogP contribution in [0, 0.1) is 0 Å². The zero-order valence-electron chi connectivity index (χ0n) is 7.12. The van der Waals surface area contributed by atoms with Crippen LogP contribution in [0.3, 0.4) is 0 Å². The van der Waals surface area contributed by atoms with Crippen LogP contribution in [0.4, 0.5) is 0 Å². The van der Waals surface area contributed by atoms with Crippen LogP contribution in [0.15, 0.2) is 48.7 Å². The molecule has 0 bridgehead atoms. The van der Waals surface area contributed by atoms with E-state index in [2.05, 4.69) is 47.4 Å². The molecular formula is C12H9N. The lowest BCUT2D eigenvalue weighted by Gasteiger charge is -1.92. The van der Waals surface area contributed by atoms with Crippen molar-refractivity contribution in [1.29, 1.82) is 0 Å². The zero-order valence-corrected chi connectivity index (χ0v) is 7.12. The van der Waals surface area contributed by atoms with Gasteiger partial charge in [0.15, 0.2) is 0 Å². The SMILES string of the molecule is c1ccc2ccc3[nH]ccc(c1)c23. The minimum Gasteiger partial charge on any atom is -0.361 e. The molecule has 1 aromatic heterocycles. The molecule has 0 amide bonds. The number of aromatic nitrogens is 1. The van der Waals surface area contributed by atoms with Gasteiger partial charge >= 0.3 is 0 Å². The second-order valence-electron chi connectivity index (χ2n) is 3.23. The Labute approximate surface area is 76.0 Å². The standard InChI is InChI=1S/C12H9N/c1-2-4-10-7-8-13-11-6-5-9(3-1)12(10)11/h1-8,13H. The highest BCUT2D eigenvalue weighted by molar-refractivity contribution is 6.09. The Bertz CT molecular complexity index is 563. The van der Waals surface area contributed by atoms with E-state index in [1.54, 1.807) is 0 Å².